The summed E-state index contributed by atoms with van der Waals surface area (Å²) in [6.45, 7) is 0. The van der Waals surface area contributed by atoms with Gasteiger partial charge in [0.2, 0.25) is 0 Å². The summed E-state index contributed by atoms with van der Waals surface area (Å²) in [6.07, 6.45) is 2.51. The molecule has 1 aliphatic carbocycles. The second-order valence-corrected chi connectivity index (χ2v) is 6.06. The predicted octanol–water partition coefficient (Wildman–Crippen LogP) is 2.51. The molecule has 1 heterocycles. The molecule has 3 rings (SSSR count). The number of benzene rings is 1. The first-order valence-corrected chi connectivity index (χ1v) is 7.44. The van der Waals surface area contributed by atoms with Crippen LogP contribution >= 0.6 is 23.2 Å². The van der Waals surface area contributed by atoms with Gasteiger partial charge in [0, 0.05) is 23.5 Å². The van der Waals surface area contributed by atoms with Gasteiger partial charge in [-0.05, 0) is 29.3 Å². The number of likely N-dealkylation sites (N-methyl/N-ethyl adjacent to an activating group) is 1. The fraction of sp³-hybridized carbons (Fsp3) is 0.267. The summed E-state index contributed by atoms with van der Waals surface area (Å²) in [6, 6.07) is 4.48. The molecule has 0 unspecified atom stereocenters. The van der Waals surface area contributed by atoms with Crippen molar-refractivity contribution >= 4 is 29.1 Å². The van der Waals surface area contributed by atoms with E-state index in [9.17, 15) is 9.90 Å². The number of carbonyl (C=O) groups is 1. The number of halogens is 2. The van der Waals surface area contributed by atoms with Crippen molar-refractivity contribution in [3.63, 3.8) is 0 Å². The number of amides is 1. The van der Waals surface area contributed by atoms with E-state index in [-0.39, 0.29) is 5.91 Å². The Kier molecular flexibility index (Phi) is 4.04. The quantitative estimate of drug-likeness (QED) is 0.914. The van der Waals surface area contributed by atoms with E-state index in [1.54, 1.807) is 25.2 Å². The maximum Gasteiger partial charge on any atom is 0.255 e. The molecule has 1 N–H and O–H groups in total. The third-order valence-electron chi connectivity index (χ3n) is 3.86. The van der Waals surface area contributed by atoms with Crippen LogP contribution in [0.15, 0.2) is 30.6 Å². The smallest absolute Gasteiger partial charge is 0.255 e. The van der Waals surface area contributed by atoms with Gasteiger partial charge in [-0.15, -0.1) is 0 Å². The number of rotatable bonds is 2. The van der Waals surface area contributed by atoms with Crippen LogP contribution in [0.1, 0.15) is 27.5 Å². The van der Waals surface area contributed by atoms with Crippen molar-refractivity contribution in [3.05, 3.63) is 57.3 Å². The number of aliphatic hydroxyl groups excluding tert-OH is 1. The van der Waals surface area contributed by atoms with Crippen LogP contribution in [0, 0.1) is 0 Å². The molecule has 0 spiro atoms. The van der Waals surface area contributed by atoms with Gasteiger partial charge in [0.25, 0.3) is 5.91 Å². The molecule has 1 aromatic carbocycles. The fourth-order valence-corrected chi connectivity index (χ4v) is 3.43. The molecule has 0 radical (unpaired) electrons. The predicted molar refractivity (Wildman–Crippen MR) is 83.0 cm³/mol. The van der Waals surface area contributed by atoms with Crippen LogP contribution in [0.3, 0.4) is 0 Å². The van der Waals surface area contributed by atoms with E-state index in [0.717, 1.165) is 11.1 Å². The van der Waals surface area contributed by atoms with E-state index in [1.165, 1.54) is 17.3 Å². The van der Waals surface area contributed by atoms with Gasteiger partial charge >= 0.3 is 0 Å². The lowest BCUT2D eigenvalue weighted by molar-refractivity contribution is 0.0497. The zero-order valence-electron chi connectivity index (χ0n) is 11.7. The number of hydrogen-bond donors (Lipinski definition) is 1. The van der Waals surface area contributed by atoms with Gasteiger partial charge in [0.1, 0.15) is 0 Å². The van der Waals surface area contributed by atoms with Crippen molar-refractivity contribution in [2.24, 2.45) is 0 Å². The molecule has 22 heavy (non-hydrogen) atoms. The standard InChI is InChI=1S/C15H13Cl2N3O2/c1-20(15(22)8-2-3-18-19-7-8)14-11-4-9(16)5-12(17)10(11)6-13(14)21/h2-5,7,13-14,21H,6H2,1H3/t13-,14-/m1/s1. The molecule has 7 heteroatoms. The van der Waals surface area contributed by atoms with Gasteiger partial charge in [-0.25, -0.2) is 0 Å². The largest absolute Gasteiger partial charge is 0.390 e. The van der Waals surface area contributed by atoms with Crippen molar-refractivity contribution in [1.82, 2.24) is 15.1 Å². The first kappa shape index (κ1) is 15.2. The number of aromatic nitrogens is 2. The maximum atomic E-state index is 12.5. The highest BCUT2D eigenvalue weighted by molar-refractivity contribution is 6.35. The van der Waals surface area contributed by atoms with Gasteiger partial charge in [-0.1, -0.05) is 23.2 Å². The average molecular weight is 338 g/mol. The SMILES string of the molecule is CN(C(=O)c1ccnnc1)[C@@H]1c2cc(Cl)cc(Cl)c2C[C@H]1O. The lowest BCUT2D eigenvalue weighted by Crippen LogP contribution is -2.36. The lowest BCUT2D eigenvalue weighted by Gasteiger charge is -2.28. The average Bonchev–Trinajstić information content (AvgIpc) is 2.83. The molecular weight excluding hydrogens is 325 g/mol. The lowest BCUT2D eigenvalue weighted by atomic mass is 10.1. The Morgan fingerprint density at radius 3 is 2.82 bits per heavy atom. The fourth-order valence-electron chi connectivity index (χ4n) is 2.84. The molecule has 0 saturated carbocycles. The normalized spacial score (nSPS) is 19.8. The molecule has 0 saturated heterocycles. The van der Waals surface area contributed by atoms with Crippen molar-refractivity contribution in [3.8, 4) is 0 Å². The Balaban J connectivity index is 1.98. The molecule has 1 aromatic heterocycles. The highest BCUT2D eigenvalue weighted by Gasteiger charge is 2.37. The van der Waals surface area contributed by atoms with Crippen LogP contribution in [-0.4, -0.2) is 39.3 Å². The van der Waals surface area contributed by atoms with Crippen LogP contribution in [0.25, 0.3) is 0 Å². The summed E-state index contributed by atoms with van der Waals surface area (Å²) in [5.74, 6) is -0.247. The van der Waals surface area contributed by atoms with E-state index in [4.69, 9.17) is 23.2 Å². The van der Waals surface area contributed by atoms with E-state index < -0.39 is 12.1 Å². The topological polar surface area (TPSA) is 66.3 Å². The molecular formula is C15H13Cl2N3O2. The number of nitrogens with zero attached hydrogens (tertiary/aromatic N) is 3. The van der Waals surface area contributed by atoms with Crippen molar-refractivity contribution in [2.75, 3.05) is 7.05 Å². The van der Waals surface area contributed by atoms with E-state index in [1.807, 2.05) is 0 Å². The summed E-state index contributed by atoms with van der Waals surface area (Å²) < 4.78 is 0. The van der Waals surface area contributed by atoms with Gasteiger partial charge in [0.15, 0.2) is 0 Å². The molecule has 114 valence electrons. The van der Waals surface area contributed by atoms with Crippen LogP contribution in [-0.2, 0) is 6.42 Å². The Hall–Kier alpha value is -1.69. The van der Waals surface area contributed by atoms with Gasteiger partial charge in [-0.3, -0.25) is 4.79 Å². The summed E-state index contributed by atoms with van der Waals surface area (Å²) in [5.41, 5.74) is 2.02. The second-order valence-electron chi connectivity index (χ2n) is 5.22. The van der Waals surface area contributed by atoms with Gasteiger partial charge in [0.05, 0.1) is 30.1 Å². The third-order valence-corrected chi connectivity index (χ3v) is 4.42. The molecule has 1 aliphatic rings. The monoisotopic (exact) mass is 337 g/mol. The molecule has 0 fully saturated rings. The minimum atomic E-state index is -0.727. The molecule has 0 bridgehead atoms. The molecule has 0 aliphatic heterocycles. The van der Waals surface area contributed by atoms with E-state index >= 15 is 0 Å². The first-order chi connectivity index (χ1) is 10.5. The minimum Gasteiger partial charge on any atom is -0.390 e. The Morgan fingerprint density at radius 2 is 2.14 bits per heavy atom. The van der Waals surface area contributed by atoms with Crippen molar-refractivity contribution in [1.29, 1.82) is 0 Å². The molecule has 5 nitrogen and oxygen atoms in total. The Bertz CT molecular complexity index is 724. The van der Waals surface area contributed by atoms with Crippen LogP contribution in [0.2, 0.25) is 10.0 Å². The molecule has 2 atom stereocenters. The number of carbonyl (C=O) groups excluding carboxylic acids is 1. The number of hydrogen-bond acceptors (Lipinski definition) is 4. The third kappa shape index (κ3) is 2.56. The summed E-state index contributed by atoms with van der Waals surface area (Å²) in [4.78, 5) is 14.0. The summed E-state index contributed by atoms with van der Waals surface area (Å²) in [5, 5.41) is 18.7. The maximum absolute atomic E-state index is 12.5. The zero-order chi connectivity index (χ0) is 15.9. The highest BCUT2D eigenvalue weighted by Crippen LogP contribution is 2.41. The highest BCUT2D eigenvalue weighted by atomic mass is 35.5. The minimum absolute atomic E-state index is 0.247. The van der Waals surface area contributed by atoms with Crippen molar-refractivity contribution < 1.29 is 9.90 Å². The molecule has 1 amide bonds. The molecule has 2 aromatic rings. The number of aliphatic hydroxyl groups is 1. The summed E-state index contributed by atoms with van der Waals surface area (Å²) in [7, 11) is 1.64. The van der Waals surface area contributed by atoms with Crippen LogP contribution in [0.4, 0.5) is 0 Å². The van der Waals surface area contributed by atoms with Crippen molar-refractivity contribution in [2.45, 2.75) is 18.6 Å². The Morgan fingerprint density at radius 1 is 1.36 bits per heavy atom. The van der Waals surface area contributed by atoms with Crippen LogP contribution in [0.5, 0.6) is 0 Å². The zero-order valence-corrected chi connectivity index (χ0v) is 13.2. The van der Waals surface area contributed by atoms with E-state index in [2.05, 4.69) is 10.2 Å². The van der Waals surface area contributed by atoms with Gasteiger partial charge < -0.3 is 10.0 Å². The van der Waals surface area contributed by atoms with Crippen LogP contribution < -0.4 is 0 Å². The first-order valence-electron chi connectivity index (χ1n) is 6.68. The Labute approximate surface area is 137 Å². The van der Waals surface area contributed by atoms with Gasteiger partial charge in [-0.2, -0.15) is 10.2 Å². The number of fused-ring (bicyclic) bond motifs is 1. The summed E-state index contributed by atoms with van der Waals surface area (Å²) >= 11 is 12.2. The van der Waals surface area contributed by atoms with E-state index in [0.29, 0.717) is 22.0 Å². The second kappa shape index (κ2) is 5.83.